The van der Waals surface area contributed by atoms with Crippen molar-refractivity contribution in [2.45, 2.75) is 25.3 Å². The number of aromatic nitrogens is 4. The minimum atomic E-state index is -0.115. The second-order valence-electron chi connectivity index (χ2n) is 6.66. The maximum absolute atomic E-state index is 12.2. The topological polar surface area (TPSA) is 74.8 Å². The van der Waals surface area contributed by atoms with Crippen molar-refractivity contribution in [2.24, 2.45) is 0 Å². The van der Waals surface area contributed by atoms with Crippen molar-refractivity contribution in [2.75, 3.05) is 13.1 Å². The number of hydrogen-bond acceptors (Lipinski definition) is 5. The third kappa shape index (κ3) is 3.86. The molecule has 1 aliphatic rings. The van der Waals surface area contributed by atoms with Gasteiger partial charge in [0.1, 0.15) is 5.82 Å². The lowest BCUT2D eigenvalue weighted by molar-refractivity contribution is 0.196. The van der Waals surface area contributed by atoms with E-state index in [9.17, 15) is 4.79 Å². The summed E-state index contributed by atoms with van der Waals surface area (Å²) in [5.74, 6) is 0.840. The number of rotatable bonds is 4. The van der Waals surface area contributed by atoms with Crippen LogP contribution in [0.15, 0.2) is 59.8 Å². The number of hydrogen-bond donors (Lipinski definition) is 1. The third-order valence-electron chi connectivity index (χ3n) is 4.73. The average Bonchev–Trinajstić information content (AvgIpc) is 2.69. The van der Waals surface area contributed by atoms with E-state index >= 15 is 0 Å². The molecular formula is C20H21N5O. The van der Waals surface area contributed by atoms with Gasteiger partial charge >= 0.3 is 0 Å². The van der Waals surface area contributed by atoms with Crippen molar-refractivity contribution in [3.8, 4) is 11.4 Å². The van der Waals surface area contributed by atoms with Gasteiger partial charge in [-0.15, -0.1) is 0 Å². The molecule has 1 atom stereocenters. The fourth-order valence-electron chi connectivity index (χ4n) is 3.49. The van der Waals surface area contributed by atoms with Gasteiger partial charge < -0.3 is 4.98 Å². The van der Waals surface area contributed by atoms with Gasteiger partial charge in [-0.3, -0.25) is 19.7 Å². The van der Waals surface area contributed by atoms with Crippen LogP contribution in [0.3, 0.4) is 0 Å². The number of H-pyrrole nitrogens is 1. The van der Waals surface area contributed by atoms with Crippen LogP contribution in [0.5, 0.6) is 0 Å². The third-order valence-corrected chi connectivity index (χ3v) is 4.73. The normalized spacial score (nSPS) is 17.9. The first kappa shape index (κ1) is 16.6. The van der Waals surface area contributed by atoms with E-state index in [1.54, 1.807) is 18.5 Å². The van der Waals surface area contributed by atoms with Crippen molar-refractivity contribution in [3.05, 3.63) is 76.7 Å². The lowest BCUT2D eigenvalue weighted by atomic mass is 9.94. The van der Waals surface area contributed by atoms with Gasteiger partial charge in [-0.05, 0) is 43.7 Å². The van der Waals surface area contributed by atoms with E-state index in [0.717, 1.165) is 49.4 Å². The highest BCUT2D eigenvalue weighted by atomic mass is 16.1. The second-order valence-corrected chi connectivity index (χ2v) is 6.66. The molecule has 0 bridgehead atoms. The van der Waals surface area contributed by atoms with Crippen LogP contribution in [0.4, 0.5) is 0 Å². The van der Waals surface area contributed by atoms with Gasteiger partial charge in [-0.25, -0.2) is 4.98 Å². The molecule has 6 heteroatoms. The van der Waals surface area contributed by atoms with Crippen molar-refractivity contribution in [1.29, 1.82) is 0 Å². The molecule has 6 nitrogen and oxygen atoms in total. The van der Waals surface area contributed by atoms with E-state index in [1.165, 1.54) is 0 Å². The van der Waals surface area contributed by atoms with Crippen LogP contribution in [0, 0.1) is 0 Å². The average molecular weight is 347 g/mol. The molecule has 0 saturated carbocycles. The predicted octanol–water partition coefficient (Wildman–Crippen LogP) is 2.61. The van der Waals surface area contributed by atoms with Gasteiger partial charge in [-0.2, -0.15) is 0 Å². The minimum absolute atomic E-state index is 0.115. The van der Waals surface area contributed by atoms with Crippen LogP contribution in [-0.4, -0.2) is 37.9 Å². The van der Waals surface area contributed by atoms with Gasteiger partial charge in [0, 0.05) is 49.2 Å². The Balaban J connectivity index is 1.55. The molecule has 0 amide bonds. The quantitative estimate of drug-likeness (QED) is 0.785. The summed E-state index contributed by atoms with van der Waals surface area (Å²) in [7, 11) is 0. The molecule has 1 N–H and O–H groups in total. The molecule has 1 fully saturated rings. The molecule has 0 unspecified atom stereocenters. The first-order valence-electron chi connectivity index (χ1n) is 8.92. The highest BCUT2D eigenvalue weighted by molar-refractivity contribution is 5.52. The van der Waals surface area contributed by atoms with Gasteiger partial charge in [0.25, 0.3) is 5.56 Å². The summed E-state index contributed by atoms with van der Waals surface area (Å²) in [6, 6.07) is 11.4. The molecule has 3 aromatic heterocycles. The molecular weight excluding hydrogens is 326 g/mol. The molecule has 0 aliphatic carbocycles. The fraction of sp³-hybridized carbons (Fsp3) is 0.300. The van der Waals surface area contributed by atoms with E-state index in [0.29, 0.717) is 5.82 Å². The van der Waals surface area contributed by atoms with Gasteiger partial charge in [0.05, 0.1) is 11.4 Å². The SMILES string of the molecule is O=c1cc([C@@H]2CCCN(Cc3ccccn3)C2)nc(-c2cccnc2)[nH]1. The Kier molecular flexibility index (Phi) is 4.84. The second kappa shape index (κ2) is 7.58. The summed E-state index contributed by atoms with van der Waals surface area (Å²) in [4.78, 5) is 30.6. The molecule has 1 saturated heterocycles. The molecule has 0 radical (unpaired) electrons. The van der Waals surface area contributed by atoms with Crippen LogP contribution < -0.4 is 5.56 Å². The number of piperidine rings is 1. The largest absolute Gasteiger partial charge is 0.306 e. The van der Waals surface area contributed by atoms with Crippen molar-refractivity contribution < 1.29 is 0 Å². The summed E-state index contributed by atoms with van der Waals surface area (Å²) < 4.78 is 0. The highest BCUT2D eigenvalue weighted by Gasteiger charge is 2.23. The Morgan fingerprint density at radius 2 is 2.15 bits per heavy atom. The Labute approximate surface area is 152 Å². The van der Waals surface area contributed by atoms with Crippen molar-refractivity contribution >= 4 is 0 Å². The Hall–Kier alpha value is -2.86. The van der Waals surface area contributed by atoms with Crippen LogP contribution >= 0.6 is 0 Å². The van der Waals surface area contributed by atoms with Crippen molar-refractivity contribution in [1.82, 2.24) is 24.8 Å². The van der Waals surface area contributed by atoms with Gasteiger partial charge in [0.15, 0.2) is 0 Å². The smallest absolute Gasteiger partial charge is 0.251 e. The number of likely N-dealkylation sites (tertiary alicyclic amines) is 1. The maximum Gasteiger partial charge on any atom is 0.251 e. The Bertz CT molecular complexity index is 910. The van der Waals surface area contributed by atoms with E-state index in [2.05, 4.69) is 25.9 Å². The number of nitrogens with one attached hydrogen (secondary N) is 1. The molecule has 4 rings (SSSR count). The fourth-order valence-corrected chi connectivity index (χ4v) is 3.49. The lowest BCUT2D eigenvalue weighted by Crippen LogP contribution is -2.34. The number of aromatic amines is 1. The molecule has 0 spiro atoms. The van der Waals surface area contributed by atoms with E-state index in [1.807, 2.05) is 30.5 Å². The Morgan fingerprint density at radius 3 is 2.96 bits per heavy atom. The summed E-state index contributed by atoms with van der Waals surface area (Å²) in [6.45, 7) is 2.77. The van der Waals surface area contributed by atoms with E-state index < -0.39 is 0 Å². The van der Waals surface area contributed by atoms with Gasteiger partial charge in [0.2, 0.25) is 0 Å². The van der Waals surface area contributed by atoms with Crippen LogP contribution in [0.25, 0.3) is 11.4 Å². The van der Waals surface area contributed by atoms with Gasteiger partial charge in [-0.1, -0.05) is 6.07 Å². The summed E-state index contributed by atoms with van der Waals surface area (Å²) in [5, 5.41) is 0. The number of pyridine rings is 2. The molecule has 26 heavy (non-hydrogen) atoms. The van der Waals surface area contributed by atoms with Crippen LogP contribution in [0.2, 0.25) is 0 Å². The molecule has 3 aromatic rings. The monoisotopic (exact) mass is 347 g/mol. The summed E-state index contributed by atoms with van der Waals surface area (Å²) >= 11 is 0. The highest BCUT2D eigenvalue weighted by Crippen LogP contribution is 2.26. The van der Waals surface area contributed by atoms with Crippen LogP contribution in [0.1, 0.15) is 30.1 Å². The Morgan fingerprint density at radius 1 is 1.19 bits per heavy atom. The zero-order valence-corrected chi connectivity index (χ0v) is 14.5. The van der Waals surface area contributed by atoms with Crippen molar-refractivity contribution in [3.63, 3.8) is 0 Å². The predicted molar refractivity (Wildman–Crippen MR) is 99.6 cm³/mol. The van der Waals surface area contributed by atoms with E-state index in [-0.39, 0.29) is 11.5 Å². The molecule has 1 aliphatic heterocycles. The van der Waals surface area contributed by atoms with Crippen LogP contribution in [-0.2, 0) is 6.54 Å². The zero-order valence-electron chi connectivity index (χ0n) is 14.5. The molecule has 132 valence electrons. The first-order chi connectivity index (χ1) is 12.8. The summed E-state index contributed by atoms with van der Waals surface area (Å²) in [5.41, 5.74) is 2.64. The zero-order chi connectivity index (χ0) is 17.8. The lowest BCUT2D eigenvalue weighted by Gasteiger charge is -2.32. The summed E-state index contributed by atoms with van der Waals surface area (Å²) in [6.07, 6.45) is 7.39. The minimum Gasteiger partial charge on any atom is -0.306 e. The first-order valence-corrected chi connectivity index (χ1v) is 8.92. The maximum atomic E-state index is 12.2. The van der Waals surface area contributed by atoms with E-state index in [4.69, 9.17) is 4.98 Å². The molecule has 4 heterocycles. The number of nitrogens with zero attached hydrogens (tertiary/aromatic N) is 4. The molecule has 0 aromatic carbocycles. The standard InChI is InChI=1S/C20H21N5O/c26-19-11-18(23-20(24-19)15-5-3-8-21-12-15)16-6-4-10-25(13-16)14-17-7-1-2-9-22-17/h1-3,5,7-9,11-12,16H,4,6,10,13-14H2,(H,23,24,26)/t16-/m1/s1.